The minimum Gasteiger partial charge on any atom is -0.394 e. The maximum absolute atomic E-state index is 13.5. The minimum atomic E-state index is -0.386. The molecule has 0 radical (unpaired) electrons. The van der Waals surface area contributed by atoms with Crippen LogP contribution < -0.4 is 10.6 Å². The molecule has 0 aliphatic rings. The molecule has 1 atom stereocenters. The summed E-state index contributed by atoms with van der Waals surface area (Å²) in [7, 11) is 0. The van der Waals surface area contributed by atoms with Gasteiger partial charge < -0.3 is 15.7 Å². The van der Waals surface area contributed by atoms with Crippen molar-refractivity contribution >= 4 is 67.8 Å². The standard InChI is InChI=1S/C27H27N5O3S3/c1-15(2)11-18(13-33)29-26(35)23-22(16-8-10-37-14-16)31-24-19(5-4-9-32(23)24)25(34)28-17-6-7-20-21(12-17)38-27(30-20)36-3/h4-10,12,14-15,18,33H,11,13H2,1-3H3,(H,28,34)(H,29,35)/t18-/m0/s1. The van der Waals surface area contributed by atoms with Crippen LogP contribution in [0.4, 0.5) is 5.69 Å². The highest BCUT2D eigenvalue weighted by Crippen LogP contribution is 2.31. The molecule has 196 valence electrons. The minimum absolute atomic E-state index is 0.162. The zero-order valence-corrected chi connectivity index (χ0v) is 23.5. The molecule has 0 aliphatic heterocycles. The molecule has 2 amide bonds. The van der Waals surface area contributed by atoms with Gasteiger partial charge in [0.15, 0.2) is 9.99 Å². The number of rotatable bonds is 9. The van der Waals surface area contributed by atoms with Crippen LogP contribution in [0.3, 0.4) is 0 Å². The summed E-state index contributed by atoms with van der Waals surface area (Å²) in [5.41, 5.74) is 3.87. The first-order valence-corrected chi connectivity index (χ1v) is 15.1. The fourth-order valence-electron chi connectivity index (χ4n) is 4.33. The number of thiophene rings is 1. The van der Waals surface area contributed by atoms with Crippen LogP contribution in [0.5, 0.6) is 0 Å². The van der Waals surface area contributed by atoms with Crippen molar-refractivity contribution in [3.8, 4) is 11.3 Å². The number of aliphatic hydroxyl groups is 1. The monoisotopic (exact) mass is 565 g/mol. The Hall–Kier alpha value is -3.25. The Bertz CT molecular complexity index is 1610. The molecule has 4 heterocycles. The number of pyridine rings is 1. The van der Waals surface area contributed by atoms with Crippen molar-refractivity contribution < 1.29 is 14.7 Å². The van der Waals surface area contributed by atoms with Gasteiger partial charge in [0.2, 0.25) is 0 Å². The zero-order valence-electron chi connectivity index (χ0n) is 21.1. The Balaban J connectivity index is 1.52. The van der Waals surface area contributed by atoms with Gasteiger partial charge in [-0.15, -0.1) is 11.3 Å². The smallest absolute Gasteiger partial charge is 0.270 e. The number of benzene rings is 1. The highest BCUT2D eigenvalue weighted by Gasteiger charge is 2.26. The quantitative estimate of drug-likeness (QED) is 0.196. The third kappa shape index (κ3) is 5.32. The van der Waals surface area contributed by atoms with Gasteiger partial charge in [-0.25, -0.2) is 9.97 Å². The Labute approximate surface area is 232 Å². The molecule has 1 aromatic carbocycles. The number of amides is 2. The van der Waals surface area contributed by atoms with E-state index in [0.29, 0.717) is 40.6 Å². The van der Waals surface area contributed by atoms with Crippen LogP contribution in [0.1, 0.15) is 41.1 Å². The van der Waals surface area contributed by atoms with Gasteiger partial charge in [-0.2, -0.15) is 11.3 Å². The van der Waals surface area contributed by atoms with Crippen molar-refractivity contribution in [2.24, 2.45) is 5.92 Å². The number of hydrogen-bond donors (Lipinski definition) is 3. The fraction of sp³-hybridized carbons (Fsp3) is 0.259. The lowest BCUT2D eigenvalue weighted by Crippen LogP contribution is -2.39. The lowest BCUT2D eigenvalue weighted by Gasteiger charge is -2.18. The van der Waals surface area contributed by atoms with Crippen molar-refractivity contribution in [3.05, 3.63) is 64.6 Å². The summed E-state index contributed by atoms with van der Waals surface area (Å²) in [5, 5.41) is 19.6. The van der Waals surface area contributed by atoms with Gasteiger partial charge in [0.1, 0.15) is 11.4 Å². The Morgan fingerprint density at radius 3 is 2.71 bits per heavy atom. The van der Waals surface area contributed by atoms with E-state index in [4.69, 9.17) is 4.98 Å². The molecule has 0 fully saturated rings. The average Bonchev–Trinajstić information content (AvgIpc) is 3.65. The maximum atomic E-state index is 13.5. The van der Waals surface area contributed by atoms with Crippen LogP contribution in [-0.4, -0.2) is 50.2 Å². The van der Waals surface area contributed by atoms with Gasteiger partial charge >= 0.3 is 0 Å². The van der Waals surface area contributed by atoms with Gasteiger partial charge in [0.25, 0.3) is 11.8 Å². The number of thiazole rings is 1. The maximum Gasteiger partial charge on any atom is 0.270 e. The van der Waals surface area contributed by atoms with E-state index < -0.39 is 0 Å². The van der Waals surface area contributed by atoms with Crippen LogP contribution in [0, 0.1) is 5.92 Å². The third-order valence-corrected chi connectivity index (χ3v) is 8.70. The molecule has 0 spiro atoms. The highest BCUT2D eigenvalue weighted by atomic mass is 32.2. The molecule has 3 N–H and O–H groups in total. The normalized spacial score (nSPS) is 12.3. The van der Waals surface area contributed by atoms with Crippen LogP contribution in [0.2, 0.25) is 0 Å². The van der Waals surface area contributed by atoms with Gasteiger partial charge in [0.05, 0.1) is 28.4 Å². The van der Waals surface area contributed by atoms with Crippen molar-refractivity contribution in [1.82, 2.24) is 19.7 Å². The number of nitrogens with zero attached hydrogens (tertiary/aromatic N) is 3. The summed E-state index contributed by atoms with van der Waals surface area (Å²) in [6.45, 7) is 3.92. The van der Waals surface area contributed by atoms with E-state index in [2.05, 4.69) is 15.6 Å². The molecule has 8 nitrogen and oxygen atoms in total. The number of aromatic nitrogens is 3. The largest absolute Gasteiger partial charge is 0.394 e. The van der Waals surface area contributed by atoms with Crippen LogP contribution in [0.15, 0.2) is 57.7 Å². The number of imidazole rings is 1. The number of hydrogen-bond acceptors (Lipinski definition) is 8. The van der Waals surface area contributed by atoms with Crippen LogP contribution in [-0.2, 0) is 0 Å². The first-order chi connectivity index (χ1) is 18.4. The lowest BCUT2D eigenvalue weighted by atomic mass is 10.0. The molecule has 0 unspecified atom stereocenters. The first kappa shape index (κ1) is 26.4. The van der Waals surface area contributed by atoms with Crippen molar-refractivity contribution in [2.45, 2.75) is 30.6 Å². The lowest BCUT2D eigenvalue weighted by molar-refractivity contribution is 0.0902. The number of carbonyl (C=O) groups is 2. The fourth-order valence-corrected chi connectivity index (χ4v) is 6.50. The molecule has 0 saturated heterocycles. The molecular weight excluding hydrogens is 539 g/mol. The summed E-state index contributed by atoms with van der Waals surface area (Å²) >= 11 is 4.67. The predicted molar refractivity (Wildman–Crippen MR) is 156 cm³/mol. The molecule has 5 rings (SSSR count). The summed E-state index contributed by atoms with van der Waals surface area (Å²) in [5.74, 6) is -0.375. The molecule has 5 aromatic rings. The van der Waals surface area contributed by atoms with E-state index in [1.165, 1.54) is 11.3 Å². The van der Waals surface area contributed by atoms with Crippen molar-refractivity contribution in [1.29, 1.82) is 0 Å². The molecule has 0 bridgehead atoms. The summed E-state index contributed by atoms with van der Waals surface area (Å²) in [6, 6.07) is 10.6. The zero-order chi connectivity index (χ0) is 26.8. The number of thioether (sulfide) groups is 1. The van der Waals surface area contributed by atoms with E-state index in [1.54, 1.807) is 45.8 Å². The predicted octanol–water partition coefficient (Wildman–Crippen LogP) is 5.78. The van der Waals surface area contributed by atoms with Crippen LogP contribution in [0.25, 0.3) is 27.1 Å². The van der Waals surface area contributed by atoms with Gasteiger partial charge in [-0.3, -0.25) is 14.0 Å². The molecule has 0 aliphatic carbocycles. The summed E-state index contributed by atoms with van der Waals surface area (Å²) in [4.78, 5) is 36.3. The average molecular weight is 566 g/mol. The summed E-state index contributed by atoms with van der Waals surface area (Å²) < 4.78 is 3.61. The molecular formula is C27H27N5O3S3. The molecule has 0 saturated carbocycles. The van der Waals surface area contributed by atoms with E-state index in [9.17, 15) is 14.7 Å². The number of carbonyl (C=O) groups excluding carboxylic acids is 2. The van der Waals surface area contributed by atoms with E-state index in [-0.39, 0.29) is 24.5 Å². The number of anilines is 1. The van der Waals surface area contributed by atoms with Gasteiger partial charge in [-0.05, 0) is 60.4 Å². The second-order valence-electron chi connectivity index (χ2n) is 9.24. The Morgan fingerprint density at radius 1 is 1.16 bits per heavy atom. The third-order valence-electron chi connectivity index (χ3n) is 6.02. The van der Waals surface area contributed by atoms with Crippen LogP contribution >= 0.6 is 34.4 Å². The van der Waals surface area contributed by atoms with Crippen molar-refractivity contribution in [3.63, 3.8) is 0 Å². The molecule has 11 heteroatoms. The Kier molecular flexibility index (Phi) is 7.80. The highest BCUT2D eigenvalue weighted by molar-refractivity contribution is 8.00. The van der Waals surface area contributed by atoms with E-state index in [0.717, 1.165) is 20.1 Å². The van der Waals surface area contributed by atoms with Gasteiger partial charge in [-0.1, -0.05) is 25.6 Å². The number of nitrogens with one attached hydrogen (secondary N) is 2. The number of aliphatic hydroxyl groups excluding tert-OH is 1. The molecule has 4 aromatic heterocycles. The Morgan fingerprint density at radius 2 is 2.00 bits per heavy atom. The van der Waals surface area contributed by atoms with Crippen molar-refractivity contribution in [2.75, 3.05) is 18.2 Å². The summed E-state index contributed by atoms with van der Waals surface area (Å²) in [6.07, 6.45) is 4.36. The number of fused-ring (bicyclic) bond motifs is 2. The second-order valence-corrected chi connectivity index (χ2v) is 12.1. The second kappa shape index (κ2) is 11.2. The van der Waals surface area contributed by atoms with E-state index in [1.807, 2.05) is 55.1 Å². The van der Waals surface area contributed by atoms with Gasteiger partial charge in [0, 0.05) is 22.8 Å². The molecule has 38 heavy (non-hydrogen) atoms. The van der Waals surface area contributed by atoms with E-state index >= 15 is 0 Å². The SMILES string of the molecule is CSc1nc2ccc(NC(=O)c3cccn4c(C(=O)N[C@H](CO)CC(C)C)c(-c5ccsc5)nc34)cc2s1. The first-order valence-electron chi connectivity index (χ1n) is 12.1. The topological polar surface area (TPSA) is 109 Å².